The average Bonchev–Trinajstić information content (AvgIpc) is 2.44. The maximum absolute atomic E-state index is 12.3. The van der Waals surface area contributed by atoms with E-state index in [0.717, 1.165) is 5.06 Å². The first-order valence-electron chi connectivity index (χ1n) is 7.81. The van der Waals surface area contributed by atoms with Gasteiger partial charge in [-0.15, -0.1) is 10.3 Å². The molecule has 0 unspecified atom stereocenters. The molecule has 2 amide bonds. The number of hydrogen-bond acceptors (Lipinski definition) is 4. The van der Waals surface area contributed by atoms with Crippen molar-refractivity contribution in [2.45, 2.75) is 57.7 Å². The van der Waals surface area contributed by atoms with E-state index in [2.05, 4.69) is 10.6 Å². The van der Waals surface area contributed by atoms with Crippen LogP contribution in [0.3, 0.4) is 0 Å². The molecule has 0 saturated carbocycles. The number of urea groups is 1. The van der Waals surface area contributed by atoms with E-state index in [-0.39, 0.29) is 17.8 Å². The maximum atomic E-state index is 12.3. The average molecular weight is 335 g/mol. The third-order valence-electron chi connectivity index (χ3n) is 4.26. The van der Waals surface area contributed by atoms with E-state index in [1.165, 1.54) is 24.3 Å². The van der Waals surface area contributed by atoms with Gasteiger partial charge in [0.05, 0.1) is 4.92 Å². The molecule has 1 fully saturated rings. The second kappa shape index (κ2) is 6.37. The second-order valence-corrected chi connectivity index (χ2v) is 7.43. The second-order valence-electron chi connectivity index (χ2n) is 7.43. The molecule has 1 radical (unpaired) electrons. The first kappa shape index (κ1) is 18.2. The highest BCUT2D eigenvalue weighted by Gasteiger charge is 2.46. The number of hydrogen-bond donors (Lipinski definition) is 2. The van der Waals surface area contributed by atoms with Crippen LogP contribution >= 0.6 is 0 Å². The first-order chi connectivity index (χ1) is 11.0. The van der Waals surface area contributed by atoms with Gasteiger partial charge in [0, 0.05) is 34.9 Å². The fraction of sp³-hybridized carbons (Fsp3) is 0.562. The molecule has 1 saturated heterocycles. The van der Waals surface area contributed by atoms with Gasteiger partial charge in [0.25, 0.3) is 5.69 Å². The predicted molar refractivity (Wildman–Crippen MR) is 89.0 cm³/mol. The molecule has 131 valence electrons. The van der Waals surface area contributed by atoms with Crippen LogP contribution in [0.1, 0.15) is 40.5 Å². The van der Waals surface area contributed by atoms with Gasteiger partial charge in [-0.3, -0.25) is 10.1 Å². The molecule has 8 nitrogen and oxygen atoms in total. The predicted octanol–water partition coefficient (Wildman–Crippen LogP) is 3.08. The van der Waals surface area contributed by atoms with Crippen molar-refractivity contribution in [3.63, 3.8) is 0 Å². The van der Waals surface area contributed by atoms with E-state index in [0.29, 0.717) is 18.5 Å². The molecule has 1 heterocycles. The Balaban J connectivity index is 1.98. The lowest BCUT2D eigenvalue weighted by Gasteiger charge is -2.49. The fourth-order valence-corrected chi connectivity index (χ4v) is 3.38. The van der Waals surface area contributed by atoms with Crippen LogP contribution in [-0.2, 0) is 5.21 Å². The van der Waals surface area contributed by atoms with Gasteiger partial charge in [0.1, 0.15) is 0 Å². The Morgan fingerprint density at radius 2 is 1.67 bits per heavy atom. The van der Waals surface area contributed by atoms with Crippen LogP contribution in [0, 0.1) is 10.1 Å². The van der Waals surface area contributed by atoms with Gasteiger partial charge in [-0.1, -0.05) is 0 Å². The summed E-state index contributed by atoms with van der Waals surface area (Å²) in [6.45, 7) is 7.46. The largest absolute Gasteiger partial charge is 0.335 e. The summed E-state index contributed by atoms with van der Waals surface area (Å²) in [4.78, 5) is 22.3. The van der Waals surface area contributed by atoms with Crippen LogP contribution in [0.15, 0.2) is 24.3 Å². The van der Waals surface area contributed by atoms with Crippen LogP contribution in [0.4, 0.5) is 16.2 Å². The summed E-state index contributed by atoms with van der Waals surface area (Å²) >= 11 is 0. The molecule has 0 bridgehead atoms. The summed E-state index contributed by atoms with van der Waals surface area (Å²) in [7, 11) is 0. The minimum atomic E-state index is -0.562. The Morgan fingerprint density at radius 1 is 1.17 bits per heavy atom. The lowest BCUT2D eigenvalue weighted by Crippen LogP contribution is -2.62. The number of nitrogens with one attached hydrogen (secondary N) is 2. The molecule has 0 aliphatic carbocycles. The summed E-state index contributed by atoms with van der Waals surface area (Å²) < 4.78 is 0. The molecule has 8 heteroatoms. The van der Waals surface area contributed by atoms with E-state index < -0.39 is 16.0 Å². The number of anilines is 1. The molecule has 1 aromatic carbocycles. The number of hydroxylamine groups is 2. The number of rotatable bonds is 3. The fourth-order valence-electron chi connectivity index (χ4n) is 3.38. The molecule has 24 heavy (non-hydrogen) atoms. The molecule has 0 atom stereocenters. The van der Waals surface area contributed by atoms with Crippen molar-refractivity contribution in [2.24, 2.45) is 0 Å². The van der Waals surface area contributed by atoms with E-state index in [1.54, 1.807) is 0 Å². The van der Waals surface area contributed by atoms with Crippen LogP contribution in [0.5, 0.6) is 0 Å². The molecule has 0 aromatic heterocycles. The zero-order chi connectivity index (χ0) is 18.1. The Hall–Kier alpha value is -2.19. The lowest BCUT2D eigenvalue weighted by atomic mass is 9.79. The summed E-state index contributed by atoms with van der Waals surface area (Å²) in [5, 5.41) is 29.6. The zero-order valence-electron chi connectivity index (χ0n) is 14.3. The summed E-state index contributed by atoms with van der Waals surface area (Å²) in [5.74, 6) is 0. The first-order valence-corrected chi connectivity index (χ1v) is 7.81. The number of nitro groups is 1. The third kappa shape index (κ3) is 4.01. The van der Waals surface area contributed by atoms with Gasteiger partial charge in [0.15, 0.2) is 0 Å². The molecular formula is C16H23N4O4. The van der Waals surface area contributed by atoms with Crippen LogP contribution in [0.2, 0.25) is 0 Å². The minimum absolute atomic E-state index is 0.0349. The van der Waals surface area contributed by atoms with Gasteiger partial charge in [-0.05, 0) is 52.7 Å². The van der Waals surface area contributed by atoms with Crippen molar-refractivity contribution in [1.82, 2.24) is 10.4 Å². The normalized spacial score (nSPS) is 20.4. The molecule has 2 rings (SSSR count). The monoisotopic (exact) mass is 335 g/mol. The van der Waals surface area contributed by atoms with E-state index in [9.17, 15) is 20.1 Å². The van der Waals surface area contributed by atoms with Crippen LogP contribution < -0.4 is 10.6 Å². The van der Waals surface area contributed by atoms with Crippen molar-refractivity contribution in [2.75, 3.05) is 5.32 Å². The minimum Gasteiger partial charge on any atom is -0.335 e. The van der Waals surface area contributed by atoms with Crippen molar-refractivity contribution < 1.29 is 14.9 Å². The van der Waals surface area contributed by atoms with E-state index in [1.807, 2.05) is 27.7 Å². The van der Waals surface area contributed by atoms with Gasteiger partial charge >= 0.3 is 6.03 Å². The smallest absolute Gasteiger partial charge is 0.319 e. The van der Waals surface area contributed by atoms with Crippen LogP contribution in [0.25, 0.3) is 0 Å². The summed E-state index contributed by atoms with van der Waals surface area (Å²) in [5.41, 5.74) is -0.690. The van der Waals surface area contributed by atoms with Gasteiger partial charge in [-0.25, -0.2) is 4.79 Å². The summed E-state index contributed by atoms with van der Waals surface area (Å²) in [6.07, 6.45) is 1.10. The van der Waals surface area contributed by atoms with E-state index >= 15 is 0 Å². The number of non-ortho nitro benzene ring substituents is 1. The number of amides is 2. The maximum Gasteiger partial charge on any atom is 0.319 e. The van der Waals surface area contributed by atoms with Crippen LogP contribution in [-0.4, -0.2) is 33.1 Å². The topological polar surface area (TPSA) is 107 Å². The van der Waals surface area contributed by atoms with Crippen molar-refractivity contribution in [3.05, 3.63) is 34.4 Å². The number of benzene rings is 1. The molecule has 1 aromatic rings. The number of carbonyl (C=O) groups is 1. The Kier molecular flexibility index (Phi) is 4.82. The highest BCUT2D eigenvalue weighted by atomic mass is 16.6. The highest BCUT2D eigenvalue weighted by molar-refractivity contribution is 5.89. The Labute approximate surface area is 140 Å². The molecule has 2 N–H and O–H groups in total. The zero-order valence-corrected chi connectivity index (χ0v) is 14.3. The van der Waals surface area contributed by atoms with Gasteiger partial charge < -0.3 is 10.6 Å². The standard InChI is InChI=1S/C16H23N4O4/c1-15(2)9-12(10-16(3,4)20(15)24)18-14(21)17-11-5-7-13(8-6-11)19(22)23/h5-8,12H,9-10H2,1-4H3,(H2,17,18,21). The van der Waals surface area contributed by atoms with Gasteiger partial charge in [0.2, 0.25) is 0 Å². The number of nitrogens with zero attached hydrogens (tertiary/aromatic N) is 2. The van der Waals surface area contributed by atoms with Crippen molar-refractivity contribution >= 4 is 17.4 Å². The highest BCUT2D eigenvalue weighted by Crippen LogP contribution is 2.36. The molecular weight excluding hydrogens is 312 g/mol. The molecule has 1 aliphatic heterocycles. The number of carbonyl (C=O) groups excluding carboxylic acids is 1. The third-order valence-corrected chi connectivity index (χ3v) is 4.26. The van der Waals surface area contributed by atoms with Gasteiger partial charge in [-0.2, -0.15) is 0 Å². The SMILES string of the molecule is CC1(C)CC(NC(=O)Nc2ccc([N+](=O)[O-])cc2)CC(C)(C)N1[O]. The quantitative estimate of drug-likeness (QED) is 0.653. The molecule has 1 aliphatic rings. The lowest BCUT2D eigenvalue weighted by molar-refractivity contribution is -0.384. The number of piperidine rings is 1. The number of nitro benzene ring substituents is 1. The van der Waals surface area contributed by atoms with Crippen molar-refractivity contribution in [3.8, 4) is 0 Å². The molecule has 0 spiro atoms. The van der Waals surface area contributed by atoms with E-state index in [4.69, 9.17) is 0 Å². The Morgan fingerprint density at radius 3 is 2.12 bits per heavy atom. The summed E-state index contributed by atoms with van der Waals surface area (Å²) in [6, 6.07) is 5.10. The Bertz CT molecular complexity index is 609. The van der Waals surface area contributed by atoms with Crippen molar-refractivity contribution in [1.29, 1.82) is 0 Å².